The summed E-state index contributed by atoms with van der Waals surface area (Å²) in [5.74, 6) is 2.09. The van der Waals surface area contributed by atoms with Gasteiger partial charge in [-0.15, -0.1) is 11.7 Å². The summed E-state index contributed by atoms with van der Waals surface area (Å²) >= 11 is 1.78. The molecule has 1 N–H and O–H groups in total. The normalized spacial score (nSPS) is 10.6. The molecule has 2 aromatic rings. The standard InChI is InChI=1S/C11H13FN4S/c1-2-6-17-7-5-13-11-14-10-4-3-9(12)8-16(10)15-11/h2-4,8H,1,5-7H2,(H,13,15). The zero-order valence-corrected chi connectivity index (χ0v) is 10.1. The third kappa shape index (κ3) is 3.20. The maximum absolute atomic E-state index is 12.9. The van der Waals surface area contributed by atoms with Crippen LogP contribution in [0.1, 0.15) is 0 Å². The highest BCUT2D eigenvalue weighted by Crippen LogP contribution is 2.07. The van der Waals surface area contributed by atoms with E-state index in [9.17, 15) is 4.39 Å². The van der Waals surface area contributed by atoms with E-state index in [0.717, 1.165) is 18.1 Å². The van der Waals surface area contributed by atoms with Gasteiger partial charge in [0.15, 0.2) is 5.65 Å². The van der Waals surface area contributed by atoms with Crippen LogP contribution in [0.3, 0.4) is 0 Å². The van der Waals surface area contributed by atoms with E-state index < -0.39 is 0 Å². The number of hydrogen-bond acceptors (Lipinski definition) is 4. The molecule has 2 heterocycles. The van der Waals surface area contributed by atoms with Crippen LogP contribution < -0.4 is 5.32 Å². The van der Waals surface area contributed by atoms with Crippen LogP contribution in [0.2, 0.25) is 0 Å². The fraction of sp³-hybridized carbons (Fsp3) is 0.273. The number of hydrogen-bond donors (Lipinski definition) is 1. The molecule has 0 spiro atoms. The smallest absolute Gasteiger partial charge is 0.243 e. The molecule has 90 valence electrons. The van der Waals surface area contributed by atoms with E-state index in [0.29, 0.717) is 11.6 Å². The van der Waals surface area contributed by atoms with Crippen molar-refractivity contribution in [1.29, 1.82) is 0 Å². The number of nitrogens with zero attached hydrogens (tertiary/aromatic N) is 3. The average molecular weight is 252 g/mol. The molecular formula is C11H13FN4S. The van der Waals surface area contributed by atoms with Gasteiger partial charge in [-0.25, -0.2) is 8.91 Å². The van der Waals surface area contributed by atoms with E-state index in [-0.39, 0.29) is 5.82 Å². The fourth-order valence-corrected chi connectivity index (χ4v) is 1.91. The van der Waals surface area contributed by atoms with E-state index in [2.05, 4.69) is 22.0 Å². The van der Waals surface area contributed by atoms with E-state index >= 15 is 0 Å². The topological polar surface area (TPSA) is 42.2 Å². The lowest BCUT2D eigenvalue weighted by atomic mass is 10.5. The van der Waals surface area contributed by atoms with Crippen molar-refractivity contribution in [3.63, 3.8) is 0 Å². The Kier molecular flexibility index (Phi) is 3.98. The summed E-state index contributed by atoms with van der Waals surface area (Å²) in [7, 11) is 0. The zero-order valence-electron chi connectivity index (χ0n) is 9.27. The number of aromatic nitrogens is 3. The minimum Gasteiger partial charge on any atom is -0.352 e. The quantitative estimate of drug-likeness (QED) is 0.632. The van der Waals surface area contributed by atoms with E-state index in [1.54, 1.807) is 17.8 Å². The molecule has 0 fully saturated rings. The first kappa shape index (κ1) is 11.9. The van der Waals surface area contributed by atoms with Gasteiger partial charge in [-0.3, -0.25) is 0 Å². The Morgan fingerprint density at radius 3 is 3.24 bits per heavy atom. The molecule has 0 saturated heterocycles. The zero-order chi connectivity index (χ0) is 12.1. The summed E-state index contributed by atoms with van der Waals surface area (Å²) in [5.41, 5.74) is 0.632. The third-order valence-corrected chi connectivity index (χ3v) is 3.02. The van der Waals surface area contributed by atoms with Crippen LogP contribution in [0.5, 0.6) is 0 Å². The molecule has 2 aromatic heterocycles. The first-order valence-electron chi connectivity index (χ1n) is 5.24. The highest BCUT2D eigenvalue weighted by molar-refractivity contribution is 7.99. The monoisotopic (exact) mass is 252 g/mol. The number of pyridine rings is 1. The van der Waals surface area contributed by atoms with Crippen LogP contribution in [0.25, 0.3) is 5.65 Å². The lowest BCUT2D eigenvalue weighted by Crippen LogP contribution is -2.05. The molecule has 0 aliphatic heterocycles. The van der Waals surface area contributed by atoms with Crippen molar-refractivity contribution in [2.45, 2.75) is 0 Å². The first-order valence-corrected chi connectivity index (χ1v) is 6.39. The van der Waals surface area contributed by atoms with Gasteiger partial charge in [-0.2, -0.15) is 16.7 Å². The summed E-state index contributed by atoms with van der Waals surface area (Å²) in [5, 5.41) is 7.21. The van der Waals surface area contributed by atoms with Gasteiger partial charge < -0.3 is 5.32 Å². The van der Waals surface area contributed by atoms with Gasteiger partial charge >= 0.3 is 0 Å². The van der Waals surface area contributed by atoms with Crippen molar-refractivity contribution in [3.8, 4) is 0 Å². The largest absolute Gasteiger partial charge is 0.352 e. The van der Waals surface area contributed by atoms with Gasteiger partial charge in [-0.05, 0) is 12.1 Å². The van der Waals surface area contributed by atoms with Gasteiger partial charge in [0.05, 0.1) is 6.20 Å². The van der Waals surface area contributed by atoms with Crippen molar-refractivity contribution in [2.75, 3.05) is 23.4 Å². The summed E-state index contributed by atoms with van der Waals surface area (Å²) in [6.07, 6.45) is 3.18. The molecule has 0 saturated carbocycles. The number of halogens is 1. The maximum Gasteiger partial charge on any atom is 0.243 e. The number of anilines is 1. The van der Waals surface area contributed by atoms with Crippen LogP contribution in [0, 0.1) is 5.82 Å². The van der Waals surface area contributed by atoms with Crippen molar-refractivity contribution >= 4 is 23.4 Å². The van der Waals surface area contributed by atoms with Crippen molar-refractivity contribution in [2.24, 2.45) is 0 Å². The molecule has 6 heteroatoms. The second-order valence-electron chi connectivity index (χ2n) is 3.38. The lowest BCUT2D eigenvalue weighted by molar-refractivity contribution is 0.615. The molecule has 0 aromatic carbocycles. The van der Waals surface area contributed by atoms with Crippen LogP contribution >= 0.6 is 11.8 Å². The predicted octanol–water partition coefficient (Wildman–Crippen LogP) is 2.20. The summed E-state index contributed by atoms with van der Waals surface area (Å²) in [4.78, 5) is 4.22. The number of rotatable bonds is 6. The second kappa shape index (κ2) is 5.67. The molecule has 0 atom stereocenters. The molecule has 0 amide bonds. The second-order valence-corrected chi connectivity index (χ2v) is 4.53. The van der Waals surface area contributed by atoms with Crippen molar-refractivity contribution < 1.29 is 4.39 Å². The minimum atomic E-state index is -0.324. The molecule has 0 aliphatic carbocycles. The van der Waals surface area contributed by atoms with Crippen molar-refractivity contribution in [3.05, 3.63) is 36.8 Å². The Morgan fingerprint density at radius 2 is 2.41 bits per heavy atom. The Labute approximate surface area is 103 Å². The van der Waals surface area contributed by atoms with Crippen molar-refractivity contribution in [1.82, 2.24) is 14.6 Å². The van der Waals surface area contributed by atoms with E-state index in [1.165, 1.54) is 16.8 Å². The first-order chi connectivity index (χ1) is 8.29. The molecule has 2 rings (SSSR count). The maximum atomic E-state index is 12.9. The van der Waals surface area contributed by atoms with Gasteiger partial charge in [-0.1, -0.05) is 6.08 Å². The van der Waals surface area contributed by atoms with Crippen LogP contribution in [0.4, 0.5) is 10.3 Å². The summed E-state index contributed by atoms with van der Waals surface area (Å²) in [6, 6.07) is 2.97. The number of nitrogens with one attached hydrogen (secondary N) is 1. The Morgan fingerprint density at radius 1 is 1.53 bits per heavy atom. The third-order valence-electron chi connectivity index (χ3n) is 2.06. The van der Waals surface area contributed by atoms with Gasteiger partial charge in [0, 0.05) is 18.1 Å². The number of thioether (sulfide) groups is 1. The van der Waals surface area contributed by atoms with Crippen LogP contribution in [0.15, 0.2) is 31.0 Å². The molecule has 4 nitrogen and oxygen atoms in total. The SMILES string of the molecule is C=CCSCCNc1nc2ccc(F)cn2n1. The van der Waals surface area contributed by atoms with Crippen LogP contribution in [-0.2, 0) is 0 Å². The van der Waals surface area contributed by atoms with Crippen LogP contribution in [-0.4, -0.2) is 32.6 Å². The van der Waals surface area contributed by atoms with Gasteiger partial charge in [0.2, 0.25) is 5.95 Å². The summed E-state index contributed by atoms with van der Waals surface area (Å²) < 4.78 is 14.3. The van der Waals surface area contributed by atoms with E-state index in [4.69, 9.17) is 0 Å². The average Bonchev–Trinajstić information content (AvgIpc) is 2.70. The summed E-state index contributed by atoms with van der Waals surface area (Å²) in [6.45, 7) is 4.42. The molecule has 0 aliphatic rings. The predicted molar refractivity (Wildman–Crippen MR) is 69.0 cm³/mol. The fourth-order valence-electron chi connectivity index (χ4n) is 1.33. The Bertz CT molecular complexity index is 511. The Balaban J connectivity index is 1.93. The molecule has 0 bridgehead atoms. The minimum absolute atomic E-state index is 0.324. The van der Waals surface area contributed by atoms with Gasteiger partial charge in [0.1, 0.15) is 5.82 Å². The van der Waals surface area contributed by atoms with Gasteiger partial charge in [0.25, 0.3) is 0 Å². The lowest BCUT2D eigenvalue weighted by Gasteiger charge is -1.99. The molecular weight excluding hydrogens is 239 g/mol. The molecule has 0 unspecified atom stereocenters. The highest BCUT2D eigenvalue weighted by atomic mass is 32.2. The molecule has 0 radical (unpaired) electrons. The highest BCUT2D eigenvalue weighted by Gasteiger charge is 2.02. The number of fused-ring (bicyclic) bond motifs is 1. The Hall–Kier alpha value is -1.56. The van der Waals surface area contributed by atoms with E-state index in [1.807, 2.05) is 6.08 Å². The molecule has 17 heavy (non-hydrogen) atoms.